The molecular formula is C3HBrN2O2S. The Hall–Kier alpha value is -0.490. The molecule has 0 saturated carbocycles. The molecule has 0 aliphatic carbocycles. The zero-order valence-corrected chi connectivity index (χ0v) is 6.48. The molecule has 0 aromatic carbocycles. The molecule has 6 heteroatoms. The van der Waals surface area contributed by atoms with Crippen LogP contribution < -0.4 is 0 Å². The number of thiazole rings is 1. The highest BCUT2D eigenvalue weighted by Crippen LogP contribution is 2.26. The summed E-state index contributed by atoms with van der Waals surface area (Å²) in [6.45, 7) is 0. The molecule has 0 atom stereocenters. The molecule has 48 valence electrons. The molecule has 0 saturated heterocycles. The molecule has 1 rings (SSSR count). The van der Waals surface area contributed by atoms with E-state index in [1.165, 1.54) is 16.8 Å². The molecule has 0 radical (unpaired) electrons. The molecule has 0 aliphatic heterocycles. The molecule has 1 heterocycles. The predicted molar refractivity (Wildman–Crippen MR) is 36.5 cm³/mol. The van der Waals surface area contributed by atoms with Gasteiger partial charge in [-0.3, -0.25) is 0 Å². The van der Waals surface area contributed by atoms with E-state index in [1.54, 1.807) is 0 Å². The van der Waals surface area contributed by atoms with E-state index in [0.29, 0.717) is 3.79 Å². The number of nitrogens with zero attached hydrogens (tertiary/aromatic N) is 2. The fourth-order valence-electron chi connectivity index (χ4n) is 0.345. The lowest BCUT2D eigenvalue weighted by molar-refractivity contribution is -0.389. The van der Waals surface area contributed by atoms with Gasteiger partial charge in [-0.15, -0.1) is 0 Å². The highest BCUT2D eigenvalue weighted by atomic mass is 79.9. The van der Waals surface area contributed by atoms with Crippen LogP contribution in [0.4, 0.5) is 5.82 Å². The summed E-state index contributed by atoms with van der Waals surface area (Å²) in [4.78, 5) is 13.0. The number of rotatable bonds is 1. The van der Waals surface area contributed by atoms with Crippen molar-refractivity contribution < 1.29 is 4.92 Å². The van der Waals surface area contributed by atoms with E-state index in [-0.39, 0.29) is 5.82 Å². The van der Waals surface area contributed by atoms with Gasteiger partial charge in [0, 0.05) is 0 Å². The Morgan fingerprint density at radius 3 is 2.78 bits per heavy atom. The summed E-state index contributed by atoms with van der Waals surface area (Å²) in [7, 11) is 0. The molecule has 1 aromatic rings. The highest BCUT2D eigenvalue weighted by molar-refractivity contribution is 9.11. The van der Waals surface area contributed by atoms with Crippen molar-refractivity contribution in [3.63, 3.8) is 0 Å². The first kappa shape index (κ1) is 6.63. The quantitative estimate of drug-likeness (QED) is 0.523. The van der Waals surface area contributed by atoms with Crippen LogP contribution in [0, 0.1) is 10.1 Å². The second kappa shape index (κ2) is 2.40. The Labute approximate surface area is 62.8 Å². The van der Waals surface area contributed by atoms with Crippen LogP contribution in [0.25, 0.3) is 0 Å². The van der Waals surface area contributed by atoms with Crippen molar-refractivity contribution >= 4 is 33.1 Å². The van der Waals surface area contributed by atoms with E-state index in [1.807, 2.05) is 0 Å². The Kier molecular flexibility index (Phi) is 1.77. The summed E-state index contributed by atoms with van der Waals surface area (Å²) in [5.41, 5.74) is 1.42. The van der Waals surface area contributed by atoms with Gasteiger partial charge < -0.3 is 10.1 Å². The first-order valence-corrected chi connectivity index (χ1v) is 3.62. The monoisotopic (exact) mass is 208 g/mol. The third-order valence-corrected chi connectivity index (χ3v) is 2.20. The zero-order valence-electron chi connectivity index (χ0n) is 4.07. The van der Waals surface area contributed by atoms with Crippen molar-refractivity contribution in [2.24, 2.45) is 0 Å². The average molecular weight is 209 g/mol. The number of hydrogen-bond donors (Lipinski definition) is 0. The second-order valence-electron chi connectivity index (χ2n) is 1.21. The summed E-state index contributed by atoms with van der Waals surface area (Å²) in [5, 5.41) is 10.0. The van der Waals surface area contributed by atoms with Crippen molar-refractivity contribution in [1.82, 2.24) is 4.98 Å². The van der Waals surface area contributed by atoms with E-state index in [2.05, 4.69) is 20.9 Å². The van der Waals surface area contributed by atoms with Gasteiger partial charge in [-0.2, -0.15) is 0 Å². The zero-order chi connectivity index (χ0) is 6.85. The number of nitro groups is 1. The predicted octanol–water partition coefficient (Wildman–Crippen LogP) is 1.81. The van der Waals surface area contributed by atoms with Crippen LogP contribution in [0.3, 0.4) is 0 Å². The van der Waals surface area contributed by atoms with E-state index < -0.39 is 4.92 Å². The largest absolute Gasteiger partial charge is 0.389 e. The van der Waals surface area contributed by atoms with Crippen LogP contribution >= 0.6 is 27.3 Å². The third-order valence-electron chi connectivity index (χ3n) is 0.680. The van der Waals surface area contributed by atoms with Crippen LogP contribution in [0.2, 0.25) is 0 Å². The number of aromatic nitrogens is 1. The van der Waals surface area contributed by atoms with Crippen LogP contribution in [-0.2, 0) is 0 Å². The summed E-state index contributed by atoms with van der Waals surface area (Å²) in [5.74, 6) is -0.111. The summed E-state index contributed by atoms with van der Waals surface area (Å²) in [6, 6.07) is 0. The number of halogens is 1. The topological polar surface area (TPSA) is 56.0 Å². The van der Waals surface area contributed by atoms with Crippen molar-refractivity contribution in [2.75, 3.05) is 0 Å². The van der Waals surface area contributed by atoms with E-state index in [4.69, 9.17) is 0 Å². The molecule has 0 fully saturated rings. The lowest BCUT2D eigenvalue weighted by atomic mass is 10.8. The first-order chi connectivity index (χ1) is 4.22. The molecule has 1 aromatic heterocycles. The van der Waals surface area contributed by atoms with Crippen molar-refractivity contribution in [2.45, 2.75) is 0 Å². The molecule has 4 nitrogen and oxygen atoms in total. The van der Waals surface area contributed by atoms with E-state index >= 15 is 0 Å². The van der Waals surface area contributed by atoms with Crippen molar-refractivity contribution in [3.05, 3.63) is 19.4 Å². The lowest BCUT2D eigenvalue weighted by Crippen LogP contribution is -1.86. The molecule has 0 N–H and O–H groups in total. The van der Waals surface area contributed by atoms with Crippen molar-refractivity contribution in [3.8, 4) is 0 Å². The molecule has 0 amide bonds. The normalized spacial score (nSPS) is 9.44. The minimum Gasteiger partial charge on any atom is -0.358 e. The molecular weight excluding hydrogens is 208 g/mol. The van der Waals surface area contributed by atoms with Gasteiger partial charge in [0.05, 0.1) is 0 Å². The molecule has 0 unspecified atom stereocenters. The third kappa shape index (κ3) is 1.25. The molecule has 0 spiro atoms. The van der Waals surface area contributed by atoms with Gasteiger partial charge in [0.1, 0.15) is 0 Å². The van der Waals surface area contributed by atoms with Gasteiger partial charge in [0.2, 0.25) is 0 Å². The maximum absolute atomic E-state index is 10.0. The van der Waals surface area contributed by atoms with Gasteiger partial charge in [0.25, 0.3) is 0 Å². The van der Waals surface area contributed by atoms with Crippen molar-refractivity contribution in [1.29, 1.82) is 0 Å². The molecule has 0 aliphatic rings. The minimum atomic E-state index is -0.527. The smallest absolute Gasteiger partial charge is 0.358 e. The Morgan fingerprint density at radius 1 is 1.89 bits per heavy atom. The van der Waals surface area contributed by atoms with Gasteiger partial charge in [0.15, 0.2) is 9.30 Å². The highest BCUT2D eigenvalue weighted by Gasteiger charge is 2.13. The number of hydrogen-bond acceptors (Lipinski definition) is 4. The SMILES string of the molecule is O=[N+]([O-])c1ncsc1Br. The summed E-state index contributed by atoms with van der Waals surface area (Å²) >= 11 is 4.18. The van der Waals surface area contributed by atoms with Gasteiger partial charge >= 0.3 is 5.82 Å². The lowest BCUT2D eigenvalue weighted by Gasteiger charge is -1.84. The fraction of sp³-hybridized carbons (Fsp3) is 0. The van der Waals surface area contributed by atoms with Gasteiger partial charge in [-0.25, -0.2) is 0 Å². The second-order valence-corrected chi connectivity index (χ2v) is 3.38. The van der Waals surface area contributed by atoms with E-state index in [9.17, 15) is 10.1 Å². The van der Waals surface area contributed by atoms with Gasteiger partial charge in [-0.1, -0.05) is 11.3 Å². The molecule has 9 heavy (non-hydrogen) atoms. The average Bonchev–Trinajstić information content (AvgIpc) is 2.13. The molecule has 0 bridgehead atoms. The van der Waals surface area contributed by atoms with Crippen LogP contribution in [0.15, 0.2) is 9.30 Å². The van der Waals surface area contributed by atoms with Crippen LogP contribution in [-0.4, -0.2) is 9.91 Å². The van der Waals surface area contributed by atoms with Crippen LogP contribution in [0.5, 0.6) is 0 Å². The fourth-order valence-corrected chi connectivity index (χ4v) is 1.32. The maximum Gasteiger partial charge on any atom is 0.389 e. The van der Waals surface area contributed by atoms with E-state index in [0.717, 1.165) is 0 Å². The Bertz CT molecular complexity index is 235. The van der Waals surface area contributed by atoms with Gasteiger partial charge in [-0.05, 0) is 25.8 Å². The Morgan fingerprint density at radius 2 is 2.56 bits per heavy atom. The standard InChI is InChI=1S/C3HBrN2O2S/c4-2-3(6(7)8)5-1-9-2/h1H. The summed E-state index contributed by atoms with van der Waals surface area (Å²) in [6.07, 6.45) is 0. The maximum atomic E-state index is 10.0. The minimum absolute atomic E-state index is 0.111. The Balaban J connectivity index is 3.08. The first-order valence-electron chi connectivity index (χ1n) is 1.95. The van der Waals surface area contributed by atoms with Crippen LogP contribution in [0.1, 0.15) is 0 Å². The summed E-state index contributed by atoms with van der Waals surface area (Å²) < 4.78 is 0.465.